The van der Waals surface area contributed by atoms with Crippen LogP contribution in [0.4, 0.5) is 0 Å². The van der Waals surface area contributed by atoms with E-state index >= 15 is 0 Å². The van der Waals surface area contributed by atoms with Gasteiger partial charge in [0.25, 0.3) is 0 Å². The first kappa shape index (κ1) is 9.21. The van der Waals surface area contributed by atoms with Crippen molar-refractivity contribution in [3.8, 4) is 0 Å². The molecule has 68 valence electrons. The maximum absolute atomic E-state index is 10.7. The summed E-state index contributed by atoms with van der Waals surface area (Å²) in [7, 11) is -2.22. The summed E-state index contributed by atoms with van der Waals surface area (Å²) in [6, 6.07) is 0. The number of hydrogen-bond donors (Lipinski definition) is 1. The van der Waals surface area contributed by atoms with Gasteiger partial charge in [-0.05, 0) is 6.92 Å². The second-order valence-electron chi connectivity index (χ2n) is 2.64. The van der Waals surface area contributed by atoms with Crippen LogP contribution in [0.1, 0.15) is 12.3 Å². The summed E-state index contributed by atoms with van der Waals surface area (Å²) in [5.74, 6) is 0. The largest absolute Gasteiger partial charge is 0.307 e. The summed E-state index contributed by atoms with van der Waals surface area (Å²) in [6.07, 6.45) is 4.86. The summed E-state index contributed by atoms with van der Waals surface area (Å²) in [6.45, 7) is 1.41. The Balaban J connectivity index is 3.01. The predicted molar refractivity (Wildman–Crippen MR) is 41.9 cm³/mol. The molecule has 1 atom stereocenters. The molecule has 0 aromatic carbocycles. The summed E-state index contributed by atoms with van der Waals surface area (Å²) in [4.78, 5) is 0. The molecule has 0 saturated carbocycles. The van der Waals surface area contributed by atoms with Gasteiger partial charge in [0.1, 0.15) is 12.4 Å². The highest BCUT2D eigenvalue weighted by Gasteiger charge is 2.23. The van der Waals surface area contributed by atoms with E-state index in [4.69, 9.17) is 4.55 Å². The number of hydrogen-bond acceptors (Lipinski definition) is 2. The second-order valence-corrected chi connectivity index (χ2v) is 4.35. The van der Waals surface area contributed by atoms with Gasteiger partial charge in [0.05, 0.1) is 7.05 Å². The van der Waals surface area contributed by atoms with Crippen LogP contribution in [0, 0.1) is 0 Å². The molecule has 12 heavy (non-hydrogen) atoms. The first-order chi connectivity index (χ1) is 5.41. The molecule has 1 N–H and O–H groups in total. The average Bonchev–Trinajstić information content (AvgIpc) is 2.32. The molecule has 0 aliphatic carbocycles. The highest BCUT2D eigenvalue weighted by atomic mass is 32.2. The van der Waals surface area contributed by atoms with Gasteiger partial charge in [-0.25, -0.2) is 9.13 Å². The van der Waals surface area contributed by atoms with E-state index in [2.05, 4.69) is 0 Å². The summed E-state index contributed by atoms with van der Waals surface area (Å²) < 4.78 is 33.1. The van der Waals surface area contributed by atoms with E-state index in [0.717, 1.165) is 0 Å². The van der Waals surface area contributed by atoms with Crippen molar-refractivity contribution in [3.05, 3.63) is 18.7 Å². The summed E-state index contributed by atoms with van der Waals surface area (Å²) in [5, 5.41) is -0.932. The van der Waals surface area contributed by atoms with Crippen LogP contribution < -0.4 is 4.57 Å². The Kier molecular flexibility index (Phi) is 2.20. The molecule has 0 bridgehead atoms. The topological polar surface area (TPSA) is 63.2 Å². The van der Waals surface area contributed by atoms with Gasteiger partial charge >= 0.3 is 10.1 Å². The van der Waals surface area contributed by atoms with E-state index in [1.165, 1.54) is 11.5 Å². The Morgan fingerprint density at radius 1 is 1.58 bits per heavy atom. The van der Waals surface area contributed by atoms with Crippen LogP contribution in [-0.2, 0) is 17.2 Å². The third-order valence-corrected chi connectivity index (χ3v) is 2.75. The molecule has 0 saturated heterocycles. The van der Waals surface area contributed by atoms with Gasteiger partial charge in [-0.2, -0.15) is 8.42 Å². The number of imidazole rings is 1. The molecule has 6 heteroatoms. The van der Waals surface area contributed by atoms with Crippen LogP contribution in [0.25, 0.3) is 0 Å². The lowest BCUT2D eigenvalue weighted by molar-refractivity contribution is -0.671. The minimum absolute atomic E-state index is 0.932. The maximum Gasteiger partial charge on any atom is 0.307 e. The first-order valence-electron chi connectivity index (χ1n) is 3.40. The molecule has 1 unspecified atom stereocenters. The fourth-order valence-corrected chi connectivity index (χ4v) is 1.27. The molecule has 0 aliphatic rings. The lowest BCUT2D eigenvalue weighted by Crippen LogP contribution is -2.25. The van der Waals surface area contributed by atoms with Crippen molar-refractivity contribution in [1.29, 1.82) is 0 Å². The van der Waals surface area contributed by atoms with Crippen LogP contribution in [0.2, 0.25) is 0 Å². The van der Waals surface area contributed by atoms with Gasteiger partial charge in [0.2, 0.25) is 11.7 Å². The van der Waals surface area contributed by atoms with Crippen LogP contribution in [0.15, 0.2) is 18.7 Å². The molecule has 0 spiro atoms. The molecule has 0 amide bonds. The van der Waals surface area contributed by atoms with Crippen molar-refractivity contribution in [2.75, 3.05) is 0 Å². The lowest BCUT2D eigenvalue weighted by atomic mass is 10.7. The van der Waals surface area contributed by atoms with Crippen LogP contribution in [0.5, 0.6) is 0 Å². The summed E-state index contributed by atoms with van der Waals surface area (Å²) in [5.41, 5.74) is 0. The maximum atomic E-state index is 10.7. The zero-order valence-corrected chi connectivity index (χ0v) is 7.69. The van der Waals surface area contributed by atoms with Crippen LogP contribution >= 0.6 is 0 Å². The second kappa shape index (κ2) is 2.87. The van der Waals surface area contributed by atoms with E-state index in [1.54, 1.807) is 30.3 Å². The van der Waals surface area contributed by atoms with Gasteiger partial charge in [-0.3, -0.25) is 4.55 Å². The van der Waals surface area contributed by atoms with Crippen molar-refractivity contribution in [1.82, 2.24) is 4.57 Å². The molecular formula is C6H11N2O3S+. The Morgan fingerprint density at radius 3 is 2.50 bits per heavy atom. The molecule has 0 aliphatic heterocycles. The monoisotopic (exact) mass is 191 g/mol. The number of rotatable bonds is 2. The predicted octanol–water partition coefficient (Wildman–Crippen LogP) is -0.281. The van der Waals surface area contributed by atoms with E-state index in [-0.39, 0.29) is 0 Å². The molecule has 1 heterocycles. The normalized spacial score (nSPS) is 14.6. The molecule has 1 aromatic rings. The Labute approximate surface area is 71.0 Å². The van der Waals surface area contributed by atoms with Crippen molar-refractivity contribution < 1.29 is 17.5 Å². The third-order valence-electron chi connectivity index (χ3n) is 1.64. The van der Waals surface area contributed by atoms with Crippen molar-refractivity contribution >= 4 is 10.1 Å². The molecule has 1 aromatic heterocycles. The molecule has 0 radical (unpaired) electrons. The lowest BCUT2D eigenvalue weighted by Gasteiger charge is -2.02. The summed E-state index contributed by atoms with van der Waals surface area (Å²) >= 11 is 0. The molecule has 1 rings (SSSR count). The fraction of sp³-hybridized carbons (Fsp3) is 0.500. The minimum atomic E-state index is -3.99. The standard InChI is InChI=1S/C6H10N2O3S/c1-6(12(9,10)11)8-4-3-7(2)5-8/h3-6H,1-2H3/p+1. The average molecular weight is 191 g/mol. The van der Waals surface area contributed by atoms with Crippen molar-refractivity contribution in [2.45, 2.75) is 12.3 Å². The zero-order chi connectivity index (χ0) is 9.35. The van der Waals surface area contributed by atoms with Gasteiger partial charge in [-0.15, -0.1) is 0 Å². The van der Waals surface area contributed by atoms with Gasteiger partial charge < -0.3 is 0 Å². The quantitative estimate of drug-likeness (QED) is 0.516. The van der Waals surface area contributed by atoms with E-state index in [1.807, 2.05) is 0 Å². The van der Waals surface area contributed by atoms with Crippen LogP contribution in [0.3, 0.4) is 0 Å². The highest BCUT2D eigenvalue weighted by molar-refractivity contribution is 7.85. The fourth-order valence-electron chi connectivity index (χ4n) is 0.838. The Morgan fingerprint density at radius 2 is 2.17 bits per heavy atom. The van der Waals surface area contributed by atoms with Crippen LogP contribution in [-0.4, -0.2) is 17.5 Å². The smallest absolute Gasteiger partial charge is 0.282 e. The van der Waals surface area contributed by atoms with Gasteiger partial charge in [0.15, 0.2) is 0 Å². The Bertz CT molecular complexity index is 368. The first-order valence-corrected chi connectivity index (χ1v) is 4.90. The molecule has 0 fully saturated rings. The number of aromatic nitrogens is 2. The number of aryl methyl sites for hydroxylation is 1. The van der Waals surface area contributed by atoms with Crippen molar-refractivity contribution in [2.24, 2.45) is 7.05 Å². The van der Waals surface area contributed by atoms with Gasteiger partial charge in [0, 0.05) is 0 Å². The number of nitrogens with zero attached hydrogens (tertiary/aromatic N) is 2. The van der Waals surface area contributed by atoms with E-state index in [0.29, 0.717) is 0 Å². The highest BCUT2D eigenvalue weighted by Crippen LogP contribution is 2.09. The van der Waals surface area contributed by atoms with Crippen molar-refractivity contribution in [3.63, 3.8) is 0 Å². The van der Waals surface area contributed by atoms with E-state index in [9.17, 15) is 8.42 Å². The SMILES string of the molecule is CC(n1cc[n+](C)c1)S(=O)(=O)O. The molecule has 5 nitrogen and oxygen atoms in total. The van der Waals surface area contributed by atoms with Gasteiger partial charge in [-0.1, -0.05) is 0 Å². The molecular weight excluding hydrogens is 180 g/mol. The third kappa shape index (κ3) is 1.83. The zero-order valence-electron chi connectivity index (χ0n) is 6.88. The Hall–Kier alpha value is -0.880. The van der Waals surface area contributed by atoms with E-state index < -0.39 is 15.5 Å². The minimum Gasteiger partial charge on any atom is -0.282 e.